The normalized spacial score (nSPS) is 12.8. The van der Waals surface area contributed by atoms with Crippen molar-refractivity contribution in [2.75, 3.05) is 5.43 Å². The first-order valence-electron chi connectivity index (χ1n) is 5.81. The Hall–Kier alpha value is -1.68. The lowest BCUT2D eigenvalue weighted by Crippen LogP contribution is -2.16. The minimum Gasteiger partial charge on any atom is -0.459 e. The van der Waals surface area contributed by atoms with Crippen LogP contribution in [0.5, 0.6) is 0 Å². The third-order valence-corrected chi connectivity index (χ3v) is 3.36. The largest absolute Gasteiger partial charge is 0.459 e. The Labute approximate surface area is 114 Å². The molecule has 1 N–H and O–H groups in total. The van der Waals surface area contributed by atoms with Crippen LogP contribution in [0.4, 0.5) is 0 Å². The van der Waals surface area contributed by atoms with Crippen molar-refractivity contribution in [3.8, 4) is 0 Å². The average molecular weight is 305 g/mol. The van der Waals surface area contributed by atoms with Gasteiger partial charge in [-0.2, -0.15) is 0 Å². The van der Waals surface area contributed by atoms with Crippen molar-refractivity contribution in [3.63, 3.8) is 0 Å². The van der Waals surface area contributed by atoms with Gasteiger partial charge in [0.1, 0.15) is 11.3 Å². The van der Waals surface area contributed by atoms with E-state index >= 15 is 0 Å². The standard InChI is InChI=1S/C14H13BrN2O/c1-10(16-17-6-2-3-7-17)14-9-11-8-12(15)4-5-13(11)18-14/h2-10,16H,1H3. The minimum atomic E-state index is 0.114. The van der Waals surface area contributed by atoms with Crippen LogP contribution in [0.2, 0.25) is 0 Å². The van der Waals surface area contributed by atoms with Crippen LogP contribution in [0.15, 0.2) is 57.7 Å². The molecule has 2 heterocycles. The lowest BCUT2D eigenvalue weighted by molar-refractivity contribution is 0.508. The van der Waals surface area contributed by atoms with E-state index in [1.165, 1.54) is 0 Å². The Morgan fingerprint density at radius 2 is 2.00 bits per heavy atom. The predicted octanol–water partition coefficient (Wildman–Crippen LogP) is 4.30. The maximum atomic E-state index is 5.84. The van der Waals surface area contributed by atoms with Gasteiger partial charge in [0.05, 0.1) is 6.04 Å². The molecule has 1 unspecified atom stereocenters. The van der Waals surface area contributed by atoms with Crippen molar-refractivity contribution in [1.29, 1.82) is 0 Å². The van der Waals surface area contributed by atoms with E-state index in [9.17, 15) is 0 Å². The highest BCUT2D eigenvalue weighted by Gasteiger charge is 2.11. The summed E-state index contributed by atoms with van der Waals surface area (Å²) in [5.74, 6) is 0.928. The number of rotatable bonds is 3. The number of nitrogens with zero attached hydrogens (tertiary/aromatic N) is 1. The van der Waals surface area contributed by atoms with Crippen molar-refractivity contribution >= 4 is 26.9 Å². The number of benzene rings is 1. The van der Waals surface area contributed by atoms with Gasteiger partial charge in [0.2, 0.25) is 0 Å². The Balaban J connectivity index is 1.89. The fourth-order valence-corrected chi connectivity index (χ4v) is 2.33. The number of halogens is 1. The summed E-state index contributed by atoms with van der Waals surface area (Å²) in [5.41, 5.74) is 4.24. The van der Waals surface area contributed by atoms with E-state index in [0.29, 0.717) is 0 Å². The first-order chi connectivity index (χ1) is 8.72. The number of furan rings is 1. The van der Waals surface area contributed by atoms with Crippen LogP contribution < -0.4 is 5.43 Å². The quantitative estimate of drug-likeness (QED) is 0.782. The summed E-state index contributed by atoms with van der Waals surface area (Å²) < 4.78 is 8.82. The van der Waals surface area contributed by atoms with Crippen molar-refractivity contribution in [2.24, 2.45) is 0 Å². The van der Waals surface area contributed by atoms with Crippen LogP contribution in [0.1, 0.15) is 18.7 Å². The summed E-state index contributed by atoms with van der Waals surface area (Å²) in [7, 11) is 0. The van der Waals surface area contributed by atoms with Crippen molar-refractivity contribution in [1.82, 2.24) is 4.68 Å². The van der Waals surface area contributed by atoms with E-state index in [4.69, 9.17) is 4.42 Å². The molecule has 1 atom stereocenters. The molecule has 18 heavy (non-hydrogen) atoms. The van der Waals surface area contributed by atoms with E-state index < -0.39 is 0 Å². The van der Waals surface area contributed by atoms with Crippen molar-refractivity contribution in [2.45, 2.75) is 13.0 Å². The molecule has 0 saturated carbocycles. The van der Waals surface area contributed by atoms with Crippen LogP contribution in [-0.2, 0) is 0 Å². The van der Waals surface area contributed by atoms with Gasteiger partial charge in [-0.25, -0.2) is 0 Å². The summed E-state index contributed by atoms with van der Waals surface area (Å²) in [6.07, 6.45) is 3.94. The van der Waals surface area contributed by atoms with Crippen LogP contribution in [-0.4, -0.2) is 4.68 Å². The second kappa shape index (κ2) is 4.53. The van der Waals surface area contributed by atoms with Gasteiger partial charge in [0, 0.05) is 22.3 Å². The zero-order valence-corrected chi connectivity index (χ0v) is 11.5. The summed E-state index contributed by atoms with van der Waals surface area (Å²) >= 11 is 3.47. The molecule has 0 aliphatic heterocycles. The zero-order chi connectivity index (χ0) is 12.5. The molecule has 92 valence electrons. The van der Waals surface area contributed by atoms with Crippen molar-refractivity contribution < 1.29 is 4.42 Å². The van der Waals surface area contributed by atoms with Gasteiger partial charge < -0.3 is 9.84 Å². The molecule has 3 aromatic rings. The second-order valence-corrected chi connectivity index (χ2v) is 5.19. The monoisotopic (exact) mass is 304 g/mol. The Bertz CT molecular complexity index is 658. The van der Waals surface area contributed by atoms with Gasteiger partial charge in [0.15, 0.2) is 0 Å². The first-order valence-corrected chi connectivity index (χ1v) is 6.60. The highest BCUT2D eigenvalue weighted by Crippen LogP contribution is 2.26. The molecule has 0 aliphatic carbocycles. The smallest absolute Gasteiger partial charge is 0.134 e. The third-order valence-electron chi connectivity index (χ3n) is 2.87. The predicted molar refractivity (Wildman–Crippen MR) is 76.1 cm³/mol. The Morgan fingerprint density at radius 1 is 1.22 bits per heavy atom. The molecular formula is C14H13BrN2O. The van der Waals surface area contributed by atoms with Gasteiger partial charge >= 0.3 is 0 Å². The molecule has 3 rings (SSSR count). The van der Waals surface area contributed by atoms with Crippen LogP contribution >= 0.6 is 15.9 Å². The van der Waals surface area contributed by atoms with E-state index in [0.717, 1.165) is 21.2 Å². The Morgan fingerprint density at radius 3 is 2.78 bits per heavy atom. The molecule has 0 fully saturated rings. The molecule has 4 heteroatoms. The number of fused-ring (bicyclic) bond motifs is 1. The van der Waals surface area contributed by atoms with E-state index in [1.54, 1.807) is 0 Å². The van der Waals surface area contributed by atoms with Gasteiger partial charge in [-0.15, -0.1) is 0 Å². The molecule has 3 nitrogen and oxygen atoms in total. The van der Waals surface area contributed by atoms with Gasteiger partial charge in [-0.05, 0) is 43.3 Å². The average Bonchev–Trinajstić information content (AvgIpc) is 2.96. The van der Waals surface area contributed by atoms with Crippen molar-refractivity contribution in [3.05, 3.63) is 59.0 Å². The van der Waals surface area contributed by atoms with E-state index in [1.807, 2.05) is 41.3 Å². The van der Waals surface area contributed by atoms with Gasteiger partial charge in [-0.3, -0.25) is 4.68 Å². The number of hydrogen-bond acceptors (Lipinski definition) is 2. The van der Waals surface area contributed by atoms with Crippen LogP contribution in [0.3, 0.4) is 0 Å². The topological polar surface area (TPSA) is 30.1 Å². The lowest BCUT2D eigenvalue weighted by Gasteiger charge is -2.13. The molecule has 0 bridgehead atoms. The molecular weight excluding hydrogens is 292 g/mol. The molecule has 0 aliphatic rings. The lowest BCUT2D eigenvalue weighted by atomic mass is 10.2. The summed E-state index contributed by atoms with van der Waals surface area (Å²) in [4.78, 5) is 0. The molecule has 2 aromatic heterocycles. The highest BCUT2D eigenvalue weighted by molar-refractivity contribution is 9.10. The maximum absolute atomic E-state index is 5.84. The molecule has 0 amide bonds. The molecule has 0 radical (unpaired) electrons. The van der Waals surface area contributed by atoms with E-state index in [-0.39, 0.29) is 6.04 Å². The summed E-state index contributed by atoms with van der Waals surface area (Å²) in [5, 5.41) is 1.11. The summed E-state index contributed by atoms with van der Waals surface area (Å²) in [6.45, 7) is 2.08. The fraction of sp³-hybridized carbons (Fsp3) is 0.143. The fourth-order valence-electron chi connectivity index (χ4n) is 1.96. The first kappa shape index (κ1) is 11.4. The Kier molecular flexibility index (Phi) is 2.88. The van der Waals surface area contributed by atoms with Gasteiger partial charge in [-0.1, -0.05) is 15.9 Å². The summed E-state index contributed by atoms with van der Waals surface area (Å²) in [6, 6.07) is 12.2. The highest BCUT2D eigenvalue weighted by atomic mass is 79.9. The number of nitrogens with one attached hydrogen (secondary N) is 1. The second-order valence-electron chi connectivity index (χ2n) is 4.27. The molecule has 0 saturated heterocycles. The minimum absolute atomic E-state index is 0.114. The zero-order valence-electron chi connectivity index (χ0n) is 9.93. The molecule has 1 aromatic carbocycles. The number of aromatic nitrogens is 1. The maximum Gasteiger partial charge on any atom is 0.134 e. The third kappa shape index (κ3) is 2.16. The van der Waals surface area contributed by atoms with Gasteiger partial charge in [0.25, 0.3) is 0 Å². The number of hydrogen-bond donors (Lipinski definition) is 1. The van der Waals surface area contributed by atoms with Crippen LogP contribution in [0, 0.1) is 0 Å². The molecule has 0 spiro atoms. The van der Waals surface area contributed by atoms with E-state index in [2.05, 4.69) is 40.4 Å². The SMILES string of the molecule is CC(Nn1cccc1)c1cc2cc(Br)ccc2o1. The van der Waals surface area contributed by atoms with Crippen LogP contribution in [0.25, 0.3) is 11.0 Å².